The lowest BCUT2D eigenvalue weighted by molar-refractivity contribution is 0.565. The van der Waals surface area contributed by atoms with Crippen LogP contribution in [0.15, 0.2) is 30.5 Å². The molecule has 98 valence electrons. The first kappa shape index (κ1) is 13.5. The molecule has 18 heavy (non-hydrogen) atoms. The van der Waals surface area contributed by atoms with Crippen molar-refractivity contribution in [2.45, 2.75) is 52.0 Å². The van der Waals surface area contributed by atoms with E-state index in [4.69, 9.17) is 11.6 Å². The van der Waals surface area contributed by atoms with E-state index in [0.29, 0.717) is 0 Å². The molecule has 0 aliphatic carbocycles. The van der Waals surface area contributed by atoms with E-state index in [9.17, 15) is 0 Å². The van der Waals surface area contributed by atoms with Crippen molar-refractivity contribution in [2.75, 3.05) is 0 Å². The summed E-state index contributed by atoms with van der Waals surface area (Å²) < 4.78 is 2.32. The molecule has 0 spiro atoms. The lowest BCUT2D eigenvalue weighted by Crippen LogP contribution is -1.95. The summed E-state index contributed by atoms with van der Waals surface area (Å²) in [7, 11) is 0. The van der Waals surface area contributed by atoms with Crippen LogP contribution in [0.5, 0.6) is 0 Å². The monoisotopic (exact) mass is 263 g/mol. The summed E-state index contributed by atoms with van der Waals surface area (Å²) in [6.45, 7) is 3.37. The van der Waals surface area contributed by atoms with Crippen molar-refractivity contribution in [3.05, 3.63) is 35.5 Å². The van der Waals surface area contributed by atoms with Crippen LogP contribution in [0.25, 0.3) is 10.9 Å². The molecule has 2 heteroatoms. The Labute approximate surface area is 115 Å². The molecule has 0 atom stereocenters. The molecule has 0 saturated heterocycles. The normalized spacial score (nSPS) is 11.2. The number of unbranched alkanes of at least 4 members (excludes halogenated alkanes) is 5. The molecule has 1 aromatic heterocycles. The van der Waals surface area contributed by atoms with Gasteiger partial charge in [0.05, 0.1) is 0 Å². The van der Waals surface area contributed by atoms with Gasteiger partial charge in [-0.1, -0.05) is 56.7 Å². The van der Waals surface area contributed by atoms with E-state index in [1.54, 1.807) is 0 Å². The molecule has 0 bridgehead atoms. The highest BCUT2D eigenvalue weighted by atomic mass is 35.5. The Morgan fingerprint density at radius 1 is 1.00 bits per heavy atom. The van der Waals surface area contributed by atoms with E-state index in [1.807, 2.05) is 6.07 Å². The van der Waals surface area contributed by atoms with Gasteiger partial charge in [0, 0.05) is 23.3 Å². The van der Waals surface area contributed by atoms with Crippen LogP contribution in [0.4, 0.5) is 0 Å². The van der Waals surface area contributed by atoms with Gasteiger partial charge in [0.15, 0.2) is 0 Å². The second-order valence-electron chi connectivity index (χ2n) is 4.98. The molecule has 0 unspecified atom stereocenters. The smallest absolute Gasteiger partial charge is 0.0495 e. The first-order valence-corrected chi connectivity index (χ1v) is 7.43. The Hall–Kier alpha value is -0.950. The first-order chi connectivity index (χ1) is 8.81. The number of fused-ring (bicyclic) bond motifs is 1. The van der Waals surface area contributed by atoms with Gasteiger partial charge in [-0.3, -0.25) is 0 Å². The minimum absolute atomic E-state index is 0.824. The van der Waals surface area contributed by atoms with E-state index in [0.717, 1.165) is 11.6 Å². The molecular formula is C16H22ClN. The van der Waals surface area contributed by atoms with Crippen molar-refractivity contribution in [3.8, 4) is 0 Å². The summed E-state index contributed by atoms with van der Waals surface area (Å²) in [4.78, 5) is 0. The van der Waals surface area contributed by atoms with E-state index >= 15 is 0 Å². The van der Waals surface area contributed by atoms with Crippen LogP contribution in [-0.2, 0) is 6.54 Å². The van der Waals surface area contributed by atoms with Crippen molar-refractivity contribution in [2.24, 2.45) is 0 Å². The number of hydrogen-bond acceptors (Lipinski definition) is 0. The quantitative estimate of drug-likeness (QED) is 0.569. The zero-order valence-corrected chi connectivity index (χ0v) is 11.9. The minimum atomic E-state index is 0.824. The Balaban J connectivity index is 1.86. The maximum Gasteiger partial charge on any atom is 0.0495 e. The van der Waals surface area contributed by atoms with Gasteiger partial charge in [0.1, 0.15) is 0 Å². The van der Waals surface area contributed by atoms with Gasteiger partial charge >= 0.3 is 0 Å². The molecule has 0 saturated carbocycles. The predicted molar refractivity (Wildman–Crippen MR) is 80.3 cm³/mol. The second kappa shape index (κ2) is 6.84. The average molecular weight is 264 g/mol. The third-order valence-electron chi connectivity index (χ3n) is 3.49. The van der Waals surface area contributed by atoms with Crippen LogP contribution in [0.1, 0.15) is 45.4 Å². The Bertz CT molecular complexity index is 487. The first-order valence-electron chi connectivity index (χ1n) is 7.05. The molecule has 2 aromatic rings. The highest BCUT2D eigenvalue weighted by Crippen LogP contribution is 2.21. The van der Waals surface area contributed by atoms with Gasteiger partial charge in [-0.25, -0.2) is 0 Å². The molecule has 0 amide bonds. The lowest BCUT2D eigenvalue weighted by atomic mass is 10.1. The summed E-state index contributed by atoms with van der Waals surface area (Å²) in [5.74, 6) is 0. The molecule has 0 aliphatic heterocycles. The average Bonchev–Trinajstić information content (AvgIpc) is 2.76. The van der Waals surface area contributed by atoms with Crippen molar-refractivity contribution in [1.29, 1.82) is 0 Å². The minimum Gasteiger partial charge on any atom is -0.347 e. The second-order valence-corrected chi connectivity index (χ2v) is 5.42. The Kier molecular flexibility index (Phi) is 5.12. The molecule has 0 N–H and O–H groups in total. The van der Waals surface area contributed by atoms with Crippen LogP contribution >= 0.6 is 11.6 Å². The zero-order valence-electron chi connectivity index (χ0n) is 11.2. The van der Waals surface area contributed by atoms with Gasteiger partial charge in [-0.15, -0.1) is 0 Å². The van der Waals surface area contributed by atoms with E-state index < -0.39 is 0 Å². The number of aryl methyl sites for hydroxylation is 1. The van der Waals surface area contributed by atoms with Crippen molar-refractivity contribution in [1.82, 2.24) is 4.57 Å². The lowest BCUT2D eigenvalue weighted by Gasteiger charge is -2.05. The van der Waals surface area contributed by atoms with Crippen LogP contribution in [0, 0.1) is 0 Å². The SMILES string of the molecule is CCCCCCCCn1ccc2ccc(Cl)cc21. The molecule has 1 nitrogen and oxygen atoms in total. The van der Waals surface area contributed by atoms with Crippen LogP contribution < -0.4 is 0 Å². The summed E-state index contributed by atoms with van der Waals surface area (Å²) >= 11 is 6.05. The number of aromatic nitrogens is 1. The zero-order chi connectivity index (χ0) is 12.8. The van der Waals surface area contributed by atoms with Gasteiger partial charge in [-0.05, 0) is 30.0 Å². The maximum atomic E-state index is 6.05. The fraction of sp³-hybridized carbons (Fsp3) is 0.500. The predicted octanol–water partition coefficient (Wildman–Crippen LogP) is 5.66. The molecule has 1 heterocycles. The maximum absolute atomic E-state index is 6.05. The molecule has 1 aromatic carbocycles. The number of benzene rings is 1. The number of nitrogens with zero attached hydrogens (tertiary/aromatic N) is 1. The van der Waals surface area contributed by atoms with Gasteiger partial charge in [0.25, 0.3) is 0 Å². The fourth-order valence-corrected chi connectivity index (χ4v) is 2.58. The van der Waals surface area contributed by atoms with Crippen LogP contribution in [-0.4, -0.2) is 4.57 Å². The summed E-state index contributed by atoms with van der Waals surface area (Å²) in [6, 6.07) is 8.28. The largest absolute Gasteiger partial charge is 0.347 e. The summed E-state index contributed by atoms with van der Waals surface area (Å²) in [5.41, 5.74) is 1.26. The van der Waals surface area contributed by atoms with Gasteiger partial charge < -0.3 is 4.57 Å². The van der Waals surface area contributed by atoms with Crippen LogP contribution in [0.3, 0.4) is 0 Å². The standard InChI is InChI=1S/C16H22ClN/c1-2-3-4-5-6-7-11-18-12-10-14-8-9-15(17)13-16(14)18/h8-10,12-13H,2-7,11H2,1H3. The third kappa shape index (κ3) is 3.52. The van der Waals surface area contributed by atoms with Crippen molar-refractivity contribution >= 4 is 22.5 Å². The molecule has 0 fully saturated rings. The number of rotatable bonds is 7. The number of halogens is 1. The van der Waals surface area contributed by atoms with E-state index in [2.05, 4.69) is 35.9 Å². The molecular weight excluding hydrogens is 242 g/mol. The summed E-state index contributed by atoms with van der Waals surface area (Å²) in [5, 5.41) is 2.11. The highest BCUT2D eigenvalue weighted by Gasteiger charge is 2.01. The van der Waals surface area contributed by atoms with Gasteiger partial charge in [-0.2, -0.15) is 0 Å². The fourth-order valence-electron chi connectivity index (χ4n) is 2.41. The molecule has 2 rings (SSSR count). The highest BCUT2D eigenvalue weighted by molar-refractivity contribution is 6.31. The number of hydrogen-bond donors (Lipinski definition) is 0. The molecule has 0 aliphatic rings. The Morgan fingerprint density at radius 2 is 1.78 bits per heavy atom. The van der Waals surface area contributed by atoms with Gasteiger partial charge in [0.2, 0.25) is 0 Å². The molecule has 0 radical (unpaired) electrons. The topological polar surface area (TPSA) is 4.93 Å². The van der Waals surface area contributed by atoms with E-state index in [1.165, 1.54) is 49.4 Å². The van der Waals surface area contributed by atoms with Crippen molar-refractivity contribution in [3.63, 3.8) is 0 Å². The Morgan fingerprint density at radius 3 is 2.61 bits per heavy atom. The van der Waals surface area contributed by atoms with E-state index in [-0.39, 0.29) is 0 Å². The van der Waals surface area contributed by atoms with Crippen molar-refractivity contribution < 1.29 is 0 Å². The summed E-state index contributed by atoms with van der Waals surface area (Å²) in [6.07, 6.45) is 10.2. The van der Waals surface area contributed by atoms with Crippen LogP contribution in [0.2, 0.25) is 5.02 Å². The third-order valence-corrected chi connectivity index (χ3v) is 3.72.